The van der Waals surface area contributed by atoms with Crippen molar-refractivity contribution in [1.82, 2.24) is 9.99 Å². The number of para-hydroxylation sites is 1. The summed E-state index contributed by atoms with van der Waals surface area (Å²) in [5.41, 5.74) is 8.99. The van der Waals surface area contributed by atoms with Crippen molar-refractivity contribution >= 4 is 23.0 Å². The highest BCUT2D eigenvalue weighted by molar-refractivity contribution is 5.86. The third-order valence-electron chi connectivity index (χ3n) is 5.33. The molecule has 1 aromatic heterocycles. The standard InChI is InChI=1S/C23H25N3O/c1-17-10-12-18(13-11-17)16-24-25-23(27)14-15-26-21-8-4-2-6-19(21)20-7-3-5-9-22(20)26/h2,4,6,8,10-13,16H,3,5,7,9,14-15H2,1H3,(H,25,27). The number of carbonyl (C=O) groups is 1. The van der Waals surface area contributed by atoms with E-state index in [-0.39, 0.29) is 5.91 Å². The summed E-state index contributed by atoms with van der Waals surface area (Å²) >= 11 is 0. The average Bonchev–Trinajstić information content (AvgIpc) is 3.02. The number of hydrogen-bond donors (Lipinski definition) is 1. The van der Waals surface area contributed by atoms with Crippen molar-refractivity contribution in [2.24, 2.45) is 5.10 Å². The van der Waals surface area contributed by atoms with Crippen molar-refractivity contribution < 1.29 is 4.79 Å². The van der Waals surface area contributed by atoms with Gasteiger partial charge in [-0.15, -0.1) is 0 Å². The Morgan fingerprint density at radius 3 is 2.74 bits per heavy atom. The maximum atomic E-state index is 12.2. The summed E-state index contributed by atoms with van der Waals surface area (Å²) in [4.78, 5) is 12.2. The topological polar surface area (TPSA) is 46.4 Å². The van der Waals surface area contributed by atoms with Crippen LogP contribution in [0.25, 0.3) is 10.9 Å². The Labute approximate surface area is 159 Å². The van der Waals surface area contributed by atoms with Gasteiger partial charge in [-0.05, 0) is 49.8 Å². The Morgan fingerprint density at radius 1 is 1.11 bits per heavy atom. The molecule has 1 heterocycles. The van der Waals surface area contributed by atoms with Crippen LogP contribution in [0.3, 0.4) is 0 Å². The molecule has 4 rings (SSSR count). The molecule has 0 saturated heterocycles. The van der Waals surface area contributed by atoms with Gasteiger partial charge in [0.1, 0.15) is 0 Å². The molecule has 0 unspecified atom stereocenters. The highest BCUT2D eigenvalue weighted by atomic mass is 16.2. The van der Waals surface area contributed by atoms with Crippen LogP contribution in [-0.4, -0.2) is 16.7 Å². The Balaban J connectivity index is 1.43. The molecule has 1 aliphatic rings. The van der Waals surface area contributed by atoms with Gasteiger partial charge in [0.05, 0.1) is 6.21 Å². The van der Waals surface area contributed by atoms with Gasteiger partial charge in [-0.25, -0.2) is 5.43 Å². The highest BCUT2D eigenvalue weighted by Gasteiger charge is 2.19. The predicted octanol–water partition coefficient (Wildman–Crippen LogP) is 4.37. The number of carbonyl (C=O) groups excluding carboxylic acids is 1. The molecule has 0 atom stereocenters. The largest absolute Gasteiger partial charge is 0.344 e. The molecule has 4 heteroatoms. The molecule has 27 heavy (non-hydrogen) atoms. The second kappa shape index (κ2) is 7.78. The van der Waals surface area contributed by atoms with Gasteiger partial charge >= 0.3 is 0 Å². The van der Waals surface area contributed by atoms with Gasteiger partial charge in [-0.2, -0.15) is 5.10 Å². The molecule has 0 bridgehead atoms. The number of hydrogen-bond acceptors (Lipinski definition) is 2. The molecular weight excluding hydrogens is 334 g/mol. The van der Waals surface area contributed by atoms with Gasteiger partial charge in [0, 0.05) is 29.6 Å². The number of amides is 1. The monoisotopic (exact) mass is 359 g/mol. The number of rotatable bonds is 5. The zero-order valence-electron chi connectivity index (χ0n) is 15.7. The minimum Gasteiger partial charge on any atom is -0.344 e. The van der Waals surface area contributed by atoms with E-state index in [1.165, 1.54) is 40.6 Å². The fourth-order valence-electron chi connectivity index (χ4n) is 3.94. The Kier molecular flexibility index (Phi) is 5.05. The van der Waals surface area contributed by atoms with E-state index in [2.05, 4.69) is 39.4 Å². The highest BCUT2D eigenvalue weighted by Crippen LogP contribution is 2.32. The van der Waals surface area contributed by atoms with Crippen LogP contribution in [0.5, 0.6) is 0 Å². The van der Waals surface area contributed by atoms with Gasteiger partial charge in [-0.1, -0.05) is 48.0 Å². The van der Waals surface area contributed by atoms with E-state index in [0.29, 0.717) is 13.0 Å². The normalized spacial score (nSPS) is 13.8. The van der Waals surface area contributed by atoms with Crippen molar-refractivity contribution in [2.75, 3.05) is 0 Å². The van der Waals surface area contributed by atoms with Crippen LogP contribution >= 0.6 is 0 Å². The quantitative estimate of drug-likeness (QED) is 0.534. The van der Waals surface area contributed by atoms with E-state index in [9.17, 15) is 4.79 Å². The second-order valence-corrected chi connectivity index (χ2v) is 7.26. The summed E-state index contributed by atoms with van der Waals surface area (Å²) in [6.45, 7) is 2.74. The molecule has 1 amide bonds. The first kappa shape index (κ1) is 17.5. The molecule has 2 aromatic carbocycles. The number of nitrogens with zero attached hydrogens (tertiary/aromatic N) is 2. The third-order valence-corrected chi connectivity index (χ3v) is 5.33. The van der Waals surface area contributed by atoms with Gasteiger partial charge < -0.3 is 4.57 Å². The zero-order chi connectivity index (χ0) is 18.6. The van der Waals surface area contributed by atoms with E-state index >= 15 is 0 Å². The molecule has 1 N–H and O–H groups in total. The number of nitrogens with one attached hydrogen (secondary N) is 1. The molecule has 3 aromatic rings. The van der Waals surface area contributed by atoms with Crippen LogP contribution in [0.1, 0.15) is 41.6 Å². The minimum absolute atomic E-state index is 0.0549. The number of aryl methyl sites for hydroxylation is 3. The first-order valence-electron chi connectivity index (χ1n) is 9.70. The fourth-order valence-corrected chi connectivity index (χ4v) is 3.94. The van der Waals surface area contributed by atoms with Gasteiger partial charge in [0.25, 0.3) is 0 Å². The van der Waals surface area contributed by atoms with Crippen molar-refractivity contribution in [2.45, 2.75) is 45.6 Å². The van der Waals surface area contributed by atoms with Crippen molar-refractivity contribution in [3.8, 4) is 0 Å². The number of aromatic nitrogens is 1. The fraction of sp³-hybridized carbons (Fsp3) is 0.304. The van der Waals surface area contributed by atoms with Crippen LogP contribution < -0.4 is 5.43 Å². The zero-order valence-corrected chi connectivity index (χ0v) is 15.7. The summed E-state index contributed by atoms with van der Waals surface area (Å²) in [6, 6.07) is 16.6. The first-order valence-corrected chi connectivity index (χ1v) is 9.70. The Bertz CT molecular complexity index is 983. The van der Waals surface area contributed by atoms with Crippen LogP contribution in [0.2, 0.25) is 0 Å². The predicted molar refractivity (Wildman–Crippen MR) is 110 cm³/mol. The first-order chi connectivity index (χ1) is 13.2. The molecule has 0 fully saturated rings. The smallest absolute Gasteiger partial charge is 0.241 e. The summed E-state index contributed by atoms with van der Waals surface area (Å²) < 4.78 is 2.34. The van der Waals surface area contributed by atoms with Gasteiger partial charge in [0.2, 0.25) is 5.91 Å². The van der Waals surface area contributed by atoms with E-state index in [1.807, 2.05) is 31.2 Å². The van der Waals surface area contributed by atoms with Crippen molar-refractivity contribution in [3.63, 3.8) is 0 Å². The van der Waals surface area contributed by atoms with E-state index in [4.69, 9.17) is 0 Å². The molecule has 0 aliphatic heterocycles. The van der Waals surface area contributed by atoms with Gasteiger partial charge in [-0.3, -0.25) is 4.79 Å². The second-order valence-electron chi connectivity index (χ2n) is 7.26. The summed E-state index contributed by atoms with van der Waals surface area (Å²) in [6.07, 6.45) is 6.86. The summed E-state index contributed by atoms with van der Waals surface area (Å²) in [7, 11) is 0. The Hall–Kier alpha value is -2.88. The number of benzene rings is 2. The lowest BCUT2D eigenvalue weighted by Crippen LogP contribution is -2.20. The molecular formula is C23H25N3O. The van der Waals surface area contributed by atoms with E-state index < -0.39 is 0 Å². The molecule has 0 saturated carbocycles. The maximum absolute atomic E-state index is 12.2. The lowest BCUT2D eigenvalue weighted by atomic mass is 9.95. The molecule has 4 nitrogen and oxygen atoms in total. The molecule has 0 spiro atoms. The Morgan fingerprint density at radius 2 is 1.89 bits per heavy atom. The van der Waals surface area contributed by atoms with Crippen LogP contribution in [0.15, 0.2) is 53.6 Å². The van der Waals surface area contributed by atoms with E-state index in [0.717, 1.165) is 18.4 Å². The van der Waals surface area contributed by atoms with Crippen molar-refractivity contribution in [3.05, 3.63) is 70.9 Å². The van der Waals surface area contributed by atoms with E-state index in [1.54, 1.807) is 6.21 Å². The maximum Gasteiger partial charge on any atom is 0.241 e. The molecule has 0 radical (unpaired) electrons. The number of hydrazone groups is 1. The lowest BCUT2D eigenvalue weighted by Gasteiger charge is -2.15. The molecule has 1 aliphatic carbocycles. The average molecular weight is 359 g/mol. The van der Waals surface area contributed by atoms with Crippen LogP contribution in [0, 0.1) is 6.92 Å². The number of fused-ring (bicyclic) bond motifs is 3. The third kappa shape index (κ3) is 3.80. The van der Waals surface area contributed by atoms with Crippen molar-refractivity contribution in [1.29, 1.82) is 0 Å². The SMILES string of the molecule is Cc1ccc(C=NNC(=O)CCn2c3c(c4ccccc42)CCCC3)cc1. The molecule has 138 valence electrons. The summed E-state index contributed by atoms with van der Waals surface area (Å²) in [5.74, 6) is -0.0549. The van der Waals surface area contributed by atoms with Crippen LogP contribution in [0.4, 0.5) is 0 Å². The van der Waals surface area contributed by atoms with Gasteiger partial charge in [0.15, 0.2) is 0 Å². The lowest BCUT2D eigenvalue weighted by molar-refractivity contribution is -0.121. The van der Waals surface area contributed by atoms with Crippen LogP contribution in [-0.2, 0) is 24.2 Å². The summed E-state index contributed by atoms with van der Waals surface area (Å²) in [5, 5.41) is 5.44. The minimum atomic E-state index is -0.0549.